The Bertz CT molecular complexity index is 951. The van der Waals surface area contributed by atoms with Crippen LogP contribution in [0.2, 0.25) is 0 Å². The largest absolute Gasteiger partial charge is 0.497 e. The van der Waals surface area contributed by atoms with Gasteiger partial charge < -0.3 is 10.1 Å². The van der Waals surface area contributed by atoms with Crippen LogP contribution in [0.4, 0.5) is 18.9 Å². The summed E-state index contributed by atoms with van der Waals surface area (Å²) in [6.45, 7) is 0.592. The SMILES string of the molecule is CCN(CC(=O)Nc1cccc(OC)c1)S(=O)(=O)c1ccc(F)c(F)c1F. The van der Waals surface area contributed by atoms with Gasteiger partial charge in [-0.05, 0) is 24.3 Å². The number of likely N-dealkylation sites (N-methyl/N-ethyl adjacent to an activating group) is 1. The Morgan fingerprint density at radius 2 is 1.85 bits per heavy atom. The Morgan fingerprint density at radius 3 is 2.48 bits per heavy atom. The number of nitrogens with zero attached hydrogens (tertiary/aromatic N) is 1. The molecule has 2 aromatic rings. The minimum atomic E-state index is -4.56. The molecule has 1 N–H and O–H groups in total. The van der Waals surface area contributed by atoms with Crippen LogP contribution in [0, 0.1) is 17.5 Å². The van der Waals surface area contributed by atoms with Gasteiger partial charge in [0.05, 0.1) is 13.7 Å². The van der Waals surface area contributed by atoms with Crippen molar-refractivity contribution in [3.8, 4) is 5.75 Å². The zero-order valence-electron chi connectivity index (χ0n) is 14.5. The Balaban J connectivity index is 2.22. The maximum Gasteiger partial charge on any atom is 0.246 e. The summed E-state index contributed by atoms with van der Waals surface area (Å²) in [4.78, 5) is 11.1. The molecule has 0 aliphatic heterocycles. The van der Waals surface area contributed by atoms with Crippen LogP contribution in [0.5, 0.6) is 5.75 Å². The van der Waals surface area contributed by atoms with Crippen molar-refractivity contribution in [3.63, 3.8) is 0 Å². The number of carbonyl (C=O) groups excluding carboxylic acids is 1. The van der Waals surface area contributed by atoms with Gasteiger partial charge in [0.25, 0.3) is 0 Å². The van der Waals surface area contributed by atoms with Crippen molar-refractivity contribution in [2.24, 2.45) is 0 Å². The predicted octanol–water partition coefficient (Wildman–Crippen LogP) is 2.76. The molecule has 0 radical (unpaired) electrons. The van der Waals surface area contributed by atoms with Gasteiger partial charge in [0.15, 0.2) is 17.5 Å². The molecule has 10 heteroatoms. The zero-order chi connectivity index (χ0) is 20.2. The summed E-state index contributed by atoms with van der Waals surface area (Å²) in [7, 11) is -3.11. The lowest BCUT2D eigenvalue weighted by Crippen LogP contribution is -2.38. The van der Waals surface area contributed by atoms with E-state index in [-0.39, 0.29) is 6.54 Å². The molecule has 0 fully saturated rings. The van der Waals surface area contributed by atoms with Crippen LogP contribution in [0.15, 0.2) is 41.3 Å². The van der Waals surface area contributed by atoms with E-state index in [1.54, 1.807) is 18.2 Å². The molecule has 0 unspecified atom stereocenters. The van der Waals surface area contributed by atoms with Crippen molar-refractivity contribution in [3.05, 3.63) is 53.8 Å². The van der Waals surface area contributed by atoms with E-state index in [0.29, 0.717) is 27.9 Å². The third-order valence-corrected chi connectivity index (χ3v) is 5.58. The molecule has 146 valence electrons. The molecule has 0 bridgehead atoms. The Kier molecular flexibility index (Phi) is 6.45. The summed E-state index contributed by atoms with van der Waals surface area (Å²) in [5, 5.41) is 2.49. The minimum absolute atomic E-state index is 0.188. The number of carbonyl (C=O) groups is 1. The normalized spacial score (nSPS) is 11.5. The molecule has 0 saturated heterocycles. The van der Waals surface area contributed by atoms with Gasteiger partial charge in [-0.15, -0.1) is 0 Å². The van der Waals surface area contributed by atoms with Crippen molar-refractivity contribution in [2.75, 3.05) is 25.5 Å². The highest BCUT2D eigenvalue weighted by Gasteiger charge is 2.30. The maximum atomic E-state index is 13.9. The van der Waals surface area contributed by atoms with Crippen LogP contribution in [0.25, 0.3) is 0 Å². The van der Waals surface area contributed by atoms with Gasteiger partial charge in [-0.2, -0.15) is 4.31 Å². The molecule has 0 aromatic heterocycles. The number of ether oxygens (including phenoxy) is 1. The van der Waals surface area contributed by atoms with Crippen LogP contribution in [0.3, 0.4) is 0 Å². The van der Waals surface area contributed by atoms with E-state index in [0.717, 1.165) is 0 Å². The molecule has 2 aromatic carbocycles. The molecule has 27 heavy (non-hydrogen) atoms. The molecule has 0 spiro atoms. The van der Waals surface area contributed by atoms with Crippen molar-refractivity contribution in [1.29, 1.82) is 0 Å². The summed E-state index contributed by atoms with van der Waals surface area (Å²) in [6.07, 6.45) is 0. The average Bonchev–Trinajstić information content (AvgIpc) is 2.64. The number of sulfonamides is 1. The topological polar surface area (TPSA) is 75.7 Å². The average molecular weight is 402 g/mol. The van der Waals surface area contributed by atoms with E-state index in [4.69, 9.17) is 4.74 Å². The van der Waals surface area contributed by atoms with Gasteiger partial charge in [0.1, 0.15) is 10.6 Å². The van der Waals surface area contributed by atoms with Gasteiger partial charge >= 0.3 is 0 Å². The number of amides is 1. The van der Waals surface area contributed by atoms with Gasteiger partial charge in [-0.1, -0.05) is 13.0 Å². The summed E-state index contributed by atoms with van der Waals surface area (Å²) in [6, 6.07) is 7.50. The fourth-order valence-electron chi connectivity index (χ4n) is 2.27. The molecule has 0 atom stereocenters. The number of benzene rings is 2. The number of hydrogen-bond acceptors (Lipinski definition) is 4. The van der Waals surface area contributed by atoms with Crippen LogP contribution < -0.4 is 10.1 Å². The molecule has 2 rings (SSSR count). The second kappa shape index (κ2) is 8.40. The fourth-order valence-corrected chi connectivity index (χ4v) is 3.74. The number of methoxy groups -OCH3 is 1. The highest BCUT2D eigenvalue weighted by molar-refractivity contribution is 7.89. The third kappa shape index (κ3) is 4.58. The summed E-state index contributed by atoms with van der Waals surface area (Å²) >= 11 is 0. The van der Waals surface area contributed by atoms with Gasteiger partial charge in [0.2, 0.25) is 15.9 Å². The first-order valence-corrected chi connectivity index (χ1v) is 9.22. The van der Waals surface area contributed by atoms with E-state index in [1.807, 2.05) is 0 Å². The number of halogens is 3. The van der Waals surface area contributed by atoms with Gasteiger partial charge in [0, 0.05) is 18.3 Å². The lowest BCUT2D eigenvalue weighted by molar-refractivity contribution is -0.116. The molecule has 0 saturated carbocycles. The molecule has 0 aliphatic rings. The van der Waals surface area contributed by atoms with Crippen molar-refractivity contribution in [1.82, 2.24) is 4.31 Å². The van der Waals surface area contributed by atoms with E-state index in [1.165, 1.54) is 20.1 Å². The first kappa shape index (κ1) is 20.7. The van der Waals surface area contributed by atoms with Crippen molar-refractivity contribution >= 4 is 21.6 Å². The number of anilines is 1. The second-order valence-electron chi connectivity index (χ2n) is 5.38. The van der Waals surface area contributed by atoms with Gasteiger partial charge in [-0.25, -0.2) is 21.6 Å². The summed E-state index contributed by atoms with van der Waals surface area (Å²) in [5.74, 6) is -5.45. The van der Waals surface area contributed by atoms with Crippen LogP contribution >= 0.6 is 0 Å². The number of hydrogen-bond donors (Lipinski definition) is 1. The third-order valence-electron chi connectivity index (χ3n) is 3.64. The highest BCUT2D eigenvalue weighted by Crippen LogP contribution is 2.23. The van der Waals surface area contributed by atoms with Crippen molar-refractivity contribution in [2.45, 2.75) is 11.8 Å². The van der Waals surface area contributed by atoms with Crippen LogP contribution in [0.1, 0.15) is 6.92 Å². The van der Waals surface area contributed by atoms with Gasteiger partial charge in [-0.3, -0.25) is 4.79 Å². The first-order chi connectivity index (χ1) is 12.7. The Hall–Kier alpha value is -2.59. The summed E-state index contributed by atoms with van der Waals surface area (Å²) < 4.78 is 71.1. The Morgan fingerprint density at radius 1 is 1.15 bits per heavy atom. The summed E-state index contributed by atoms with van der Waals surface area (Å²) in [5.41, 5.74) is 0.367. The minimum Gasteiger partial charge on any atom is -0.497 e. The predicted molar refractivity (Wildman–Crippen MR) is 92.4 cm³/mol. The highest BCUT2D eigenvalue weighted by atomic mass is 32.2. The fraction of sp³-hybridized carbons (Fsp3) is 0.235. The van der Waals surface area contributed by atoms with E-state index in [2.05, 4.69) is 5.32 Å². The monoisotopic (exact) mass is 402 g/mol. The number of rotatable bonds is 7. The lowest BCUT2D eigenvalue weighted by Gasteiger charge is -2.20. The molecule has 0 heterocycles. The molecular weight excluding hydrogens is 385 g/mol. The van der Waals surface area contributed by atoms with E-state index >= 15 is 0 Å². The lowest BCUT2D eigenvalue weighted by atomic mass is 10.3. The molecule has 0 aliphatic carbocycles. The smallest absolute Gasteiger partial charge is 0.246 e. The van der Waals surface area contributed by atoms with Crippen LogP contribution in [-0.4, -0.2) is 38.8 Å². The Labute approximate surface area is 154 Å². The molecule has 6 nitrogen and oxygen atoms in total. The zero-order valence-corrected chi connectivity index (χ0v) is 15.3. The van der Waals surface area contributed by atoms with E-state index < -0.39 is 44.8 Å². The number of nitrogens with one attached hydrogen (secondary N) is 1. The standard InChI is InChI=1S/C17H17F3N2O4S/c1-3-22(10-15(23)21-11-5-4-6-12(9-11)26-2)27(24,25)14-8-7-13(18)16(19)17(14)20/h4-9H,3,10H2,1-2H3,(H,21,23). The maximum absolute atomic E-state index is 13.9. The van der Waals surface area contributed by atoms with E-state index in [9.17, 15) is 26.4 Å². The quantitative estimate of drug-likeness (QED) is 0.723. The molecule has 1 amide bonds. The second-order valence-corrected chi connectivity index (χ2v) is 7.29. The van der Waals surface area contributed by atoms with Crippen molar-refractivity contribution < 1.29 is 31.1 Å². The molecular formula is C17H17F3N2O4S. The first-order valence-electron chi connectivity index (χ1n) is 7.78. The van der Waals surface area contributed by atoms with Crippen LogP contribution in [-0.2, 0) is 14.8 Å².